The lowest BCUT2D eigenvalue weighted by Crippen LogP contribution is -2.26. The van der Waals surface area contributed by atoms with Crippen molar-refractivity contribution in [1.82, 2.24) is 15.1 Å². The lowest BCUT2D eigenvalue weighted by molar-refractivity contribution is -0.117. The Kier molecular flexibility index (Phi) is 9.44. The second kappa shape index (κ2) is 13.0. The van der Waals surface area contributed by atoms with Crippen molar-refractivity contribution < 1.29 is 14.3 Å². The Bertz CT molecular complexity index is 1150. The van der Waals surface area contributed by atoms with Gasteiger partial charge >= 0.3 is 0 Å². The van der Waals surface area contributed by atoms with Gasteiger partial charge in [0.25, 0.3) is 5.91 Å². The maximum absolute atomic E-state index is 12.6. The summed E-state index contributed by atoms with van der Waals surface area (Å²) in [4.78, 5) is 12.6. The third-order valence-corrected chi connectivity index (χ3v) is 5.11. The highest BCUT2D eigenvalue weighted by Gasteiger charge is 2.15. The van der Waals surface area contributed by atoms with E-state index in [2.05, 4.69) is 12.2 Å². The van der Waals surface area contributed by atoms with E-state index in [9.17, 15) is 10.1 Å². The number of aromatic nitrogens is 2. The molecule has 0 radical (unpaired) electrons. The monoisotopic (exact) mass is 458 g/mol. The SMILES string of the molecule is CCCCOc1cccc(-c2nn(-c3ccccc3)cc2C=C(C#N)C(=O)NCCCOC)c1. The molecule has 1 heterocycles. The summed E-state index contributed by atoms with van der Waals surface area (Å²) in [7, 11) is 1.61. The number of nitrogens with one attached hydrogen (secondary N) is 1. The third-order valence-electron chi connectivity index (χ3n) is 5.11. The quantitative estimate of drug-likeness (QED) is 0.240. The number of amides is 1. The molecule has 7 heteroatoms. The van der Waals surface area contributed by atoms with E-state index in [1.807, 2.05) is 66.9 Å². The Hall–Kier alpha value is -3.89. The van der Waals surface area contributed by atoms with E-state index >= 15 is 0 Å². The Labute approximate surface area is 200 Å². The maximum atomic E-state index is 12.6. The van der Waals surface area contributed by atoms with Crippen molar-refractivity contribution in [3.63, 3.8) is 0 Å². The minimum atomic E-state index is -0.423. The molecule has 3 rings (SSSR count). The summed E-state index contributed by atoms with van der Waals surface area (Å²) in [5.74, 6) is 0.334. The number of unbranched alkanes of at least 4 members (excludes halogenated alkanes) is 1. The summed E-state index contributed by atoms with van der Waals surface area (Å²) >= 11 is 0. The van der Waals surface area contributed by atoms with Crippen molar-refractivity contribution in [3.8, 4) is 28.8 Å². The van der Waals surface area contributed by atoms with Gasteiger partial charge in [-0.05, 0) is 43.2 Å². The molecule has 1 N–H and O–H groups in total. The number of benzene rings is 2. The van der Waals surface area contributed by atoms with Crippen LogP contribution < -0.4 is 10.1 Å². The van der Waals surface area contributed by atoms with Crippen molar-refractivity contribution in [3.05, 3.63) is 71.9 Å². The molecule has 0 saturated heterocycles. The van der Waals surface area contributed by atoms with Crippen LogP contribution in [0.3, 0.4) is 0 Å². The van der Waals surface area contributed by atoms with Crippen molar-refractivity contribution in [2.75, 3.05) is 26.9 Å². The minimum Gasteiger partial charge on any atom is -0.494 e. The lowest BCUT2D eigenvalue weighted by atomic mass is 10.1. The van der Waals surface area contributed by atoms with E-state index in [1.165, 1.54) is 0 Å². The molecule has 1 amide bonds. The average molecular weight is 459 g/mol. The van der Waals surface area contributed by atoms with Crippen LogP contribution in [0.4, 0.5) is 0 Å². The molecule has 0 fully saturated rings. The van der Waals surface area contributed by atoms with Gasteiger partial charge in [0, 0.05) is 37.6 Å². The molecule has 34 heavy (non-hydrogen) atoms. The number of carbonyl (C=O) groups is 1. The van der Waals surface area contributed by atoms with Crippen LogP contribution in [-0.2, 0) is 9.53 Å². The molecule has 0 unspecified atom stereocenters. The molecule has 0 spiro atoms. The summed E-state index contributed by atoms with van der Waals surface area (Å²) in [5, 5.41) is 17.2. The Morgan fingerprint density at radius 1 is 1.15 bits per heavy atom. The predicted molar refractivity (Wildman–Crippen MR) is 132 cm³/mol. The molecule has 2 aromatic carbocycles. The van der Waals surface area contributed by atoms with Crippen LogP contribution in [0.5, 0.6) is 5.75 Å². The van der Waals surface area contributed by atoms with Crippen molar-refractivity contribution in [1.29, 1.82) is 5.26 Å². The Morgan fingerprint density at radius 3 is 2.71 bits per heavy atom. The van der Waals surface area contributed by atoms with Gasteiger partial charge in [0.05, 0.1) is 12.3 Å². The summed E-state index contributed by atoms with van der Waals surface area (Å²) in [6, 6.07) is 19.4. The zero-order valence-corrected chi connectivity index (χ0v) is 19.7. The number of carbonyl (C=O) groups excluding carboxylic acids is 1. The fraction of sp³-hybridized carbons (Fsp3) is 0.296. The van der Waals surface area contributed by atoms with E-state index < -0.39 is 5.91 Å². The molecule has 1 aromatic heterocycles. The molecule has 0 saturated carbocycles. The van der Waals surface area contributed by atoms with Gasteiger partial charge in [0.15, 0.2) is 0 Å². The van der Waals surface area contributed by atoms with Gasteiger partial charge < -0.3 is 14.8 Å². The normalized spacial score (nSPS) is 11.1. The molecule has 0 aliphatic rings. The smallest absolute Gasteiger partial charge is 0.261 e. The standard InChI is InChI=1S/C27H30N4O3/c1-3-4-16-34-25-13-8-10-21(18-25)26-23(20-31(30-26)24-11-6-5-7-12-24)17-22(19-28)27(32)29-14-9-15-33-2/h5-8,10-13,17-18,20H,3-4,9,14-16H2,1-2H3,(H,29,32). The Morgan fingerprint density at radius 2 is 1.97 bits per heavy atom. The van der Waals surface area contributed by atoms with Gasteiger partial charge in [0.1, 0.15) is 23.1 Å². The fourth-order valence-corrected chi connectivity index (χ4v) is 3.32. The van der Waals surface area contributed by atoms with Gasteiger partial charge in [-0.15, -0.1) is 0 Å². The van der Waals surface area contributed by atoms with Crippen LogP contribution in [0.1, 0.15) is 31.7 Å². The average Bonchev–Trinajstić information content (AvgIpc) is 3.30. The lowest BCUT2D eigenvalue weighted by Gasteiger charge is -2.07. The third kappa shape index (κ3) is 6.80. The Balaban J connectivity index is 1.97. The first-order valence-electron chi connectivity index (χ1n) is 11.4. The number of ether oxygens (including phenoxy) is 2. The van der Waals surface area contributed by atoms with E-state index in [0.29, 0.717) is 37.4 Å². The zero-order chi connectivity index (χ0) is 24.2. The summed E-state index contributed by atoms with van der Waals surface area (Å²) in [5.41, 5.74) is 3.05. The van der Waals surface area contributed by atoms with E-state index in [1.54, 1.807) is 17.9 Å². The molecule has 3 aromatic rings. The first-order valence-corrected chi connectivity index (χ1v) is 11.4. The highest BCUT2D eigenvalue weighted by molar-refractivity contribution is 6.02. The molecule has 0 aliphatic heterocycles. The number of nitriles is 1. The number of hydrogen-bond donors (Lipinski definition) is 1. The number of para-hydroxylation sites is 1. The van der Waals surface area contributed by atoms with E-state index in [-0.39, 0.29) is 5.57 Å². The molecule has 7 nitrogen and oxygen atoms in total. The van der Waals surface area contributed by atoms with Gasteiger partial charge in [-0.1, -0.05) is 43.7 Å². The van der Waals surface area contributed by atoms with Crippen LogP contribution >= 0.6 is 0 Å². The van der Waals surface area contributed by atoms with Crippen LogP contribution in [-0.4, -0.2) is 42.6 Å². The van der Waals surface area contributed by atoms with Crippen molar-refractivity contribution in [2.45, 2.75) is 26.2 Å². The molecular weight excluding hydrogens is 428 g/mol. The van der Waals surface area contributed by atoms with Crippen LogP contribution in [0.15, 0.2) is 66.4 Å². The summed E-state index contributed by atoms with van der Waals surface area (Å²) < 4.78 is 12.6. The van der Waals surface area contributed by atoms with E-state index in [0.717, 1.165) is 29.8 Å². The van der Waals surface area contributed by atoms with Gasteiger partial charge in [0.2, 0.25) is 0 Å². The predicted octanol–water partition coefficient (Wildman–Crippen LogP) is 4.78. The van der Waals surface area contributed by atoms with Gasteiger partial charge in [-0.3, -0.25) is 4.79 Å². The number of hydrogen-bond acceptors (Lipinski definition) is 5. The summed E-state index contributed by atoms with van der Waals surface area (Å²) in [6.45, 7) is 3.73. The maximum Gasteiger partial charge on any atom is 0.261 e. The van der Waals surface area contributed by atoms with Crippen LogP contribution in [0.25, 0.3) is 23.0 Å². The van der Waals surface area contributed by atoms with Gasteiger partial charge in [-0.25, -0.2) is 4.68 Å². The molecular formula is C27H30N4O3. The molecule has 0 atom stereocenters. The second-order valence-corrected chi connectivity index (χ2v) is 7.72. The topological polar surface area (TPSA) is 89.2 Å². The highest BCUT2D eigenvalue weighted by atomic mass is 16.5. The number of nitrogens with zero attached hydrogens (tertiary/aromatic N) is 3. The van der Waals surface area contributed by atoms with Crippen molar-refractivity contribution >= 4 is 12.0 Å². The largest absolute Gasteiger partial charge is 0.494 e. The summed E-state index contributed by atoms with van der Waals surface area (Å²) in [6.07, 6.45) is 6.11. The van der Waals surface area contributed by atoms with Crippen LogP contribution in [0, 0.1) is 11.3 Å². The van der Waals surface area contributed by atoms with E-state index in [4.69, 9.17) is 14.6 Å². The zero-order valence-electron chi connectivity index (χ0n) is 19.7. The first kappa shape index (κ1) is 24.7. The minimum absolute atomic E-state index is 0.0154. The molecule has 176 valence electrons. The first-order chi connectivity index (χ1) is 16.7. The molecule has 0 bridgehead atoms. The van der Waals surface area contributed by atoms with Crippen molar-refractivity contribution in [2.24, 2.45) is 0 Å². The second-order valence-electron chi connectivity index (χ2n) is 7.72. The van der Waals surface area contributed by atoms with Crippen LogP contribution in [0.2, 0.25) is 0 Å². The highest BCUT2D eigenvalue weighted by Crippen LogP contribution is 2.28. The number of rotatable bonds is 12. The molecule has 0 aliphatic carbocycles. The van der Waals surface area contributed by atoms with Gasteiger partial charge in [-0.2, -0.15) is 10.4 Å². The fourth-order valence-electron chi connectivity index (χ4n) is 3.32. The number of methoxy groups -OCH3 is 1.